The van der Waals surface area contributed by atoms with Crippen LogP contribution in [0, 0.1) is 11.8 Å². The van der Waals surface area contributed by atoms with Gasteiger partial charge in [0.05, 0.1) is 12.7 Å². The van der Waals surface area contributed by atoms with Crippen molar-refractivity contribution < 1.29 is 9.53 Å². The minimum Gasteiger partial charge on any atom is -0.465 e. The van der Waals surface area contributed by atoms with Crippen LogP contribution in [0.1, 0.15) is 22.3 Å². The fourth-order valence-corrected chi connectivity index (χ4v) is 1.68. The predicted octanol–water partition coefficient (Wildman–Crippen LogP) is 2.20. The zero-order chi connectivity index (χ0) is 12.7. The number of carbonyl (C=O) groups excluding carboxylic acids is 1. The van der Waals surface area contributed by atoms with Gasteiger partial charge in [-0.3, -0.25) is 0 Å². The van der Waals surface area contributed by atoms with Crippen LogP contribution in [0.4, 0.5) is 0 Å². The molecule has 1 rings (SSSR count). The monoisotopic (exact) mass is 295 g/mol. The average molecular weight is 296 g/mol. The van der Waals surface area contributed by atoms with E-state index in [0.717, 1.165) is 23.0 Å². The Bertz CT molecular complexity index is 460. The molecule has 0 heterocycles. The van der Waals surface area contributed by atoms with Gasteiger partial charge in [-0.2, -0.15) is 0 Å². The van der Waals surface area contributed by atoms with Gasteiger partial charge in [-0.15, -0.1) is 0 Å². The summed E-state index contributed by atoms with van der Waals surface area (Å²) in [5.41, 5.74) is 1.38. The highest BCUT2D eigenvalue weighted by molar-refractivity contribution is 9.10. The van der Waals surface area contributed by atoms with E-state index in [1.165, 1.54) is 7.11 Å². The number of benzene rings is 1. The summed E-state index contributed by atoms with van der Waals surface area (Å²) < 4.78 is 5.44. The Morgan fingerprint density at radius 2 is 2.29 bits per heavy atom. The second-order valence-corrected chi connectivity index (χ2v) is 4.20. The third-order valence-electron chi connectivity index (χ3n) is 2.11. The maximum absolute atomic E-state index is 11.3. The lowest BCUT2D eigenvalue weighted by Gasteiger charge is -2.01. The Morgan fingerprint density at radius 3 is 2.88 bits per heavy atom. The van der Waals surface area contributed by atoms with Crippen LogP contribution >= 0.6 is 15.9 Å². The lowest BCUT2D eigenvalue weighted by molar-refractivity contribution is 0.0600. The van der Waals surface area contributed by atoms with Crippen LogP contribution < -0.4 is 5.32 Å². The molecule has 4 heteroatoms. The second kappa shape index (κ2) is 7.10. The molecule has 1 N–H and O–H groups in total. The highest BCUT2D eigenvalue weighted by Crippen LogP contribution is 2.18. The molecule has 0 saturated heterocycles. The van der Waals surface area contributed by atoms with Gasteiger partial charge in [-0.1, -0.05) is 11.8 Å². The molecule has 0 aliphatic carbocycles. The fourth-order valence-electron chi connectivity index (χ4n) is 1.21. The molecule has 1 aromatic carbocycles. The van der Waals surface area contributed by atoms with Gasteiger partial charge in [0.2, 0.25) is 0 Å². The maximum atomic E-state index is 11.3. The molecule has 17 heavy (non-hydrogen) atoms. The third-order valence-corrected chi connectivity index (χ3v) is 2.77. The number of hydrogen-bond donors (Lipinski definition) is 1. The number of rotatable bonds is 3. The number of methoxy groups -OCH3 is 1. The molecule has 0 aliphatic rings. The first-order valence-electron chi connectivity index (χ1n) is 5.20. The molecule has 0 fully saturated rings. The largest absolute Gasteiger partial charge is 0.465 e. The first-order chi connectivity index (χ1) is 8.19. The Balaban J connectivity index is 2.82. The van der Waals surface area contributed by atoms with Crippen LogP contribution in [-0.4, -0.2) is 26.7 Å². The molecule has 3 nitrogen and oxygen atoms in total. The molecule has 1 aromatic rings. The summed E-state index contributed by atoms with van der Waals surface area (Å²) in [4.78, 5) is 11.3. The minimum atomic E-state index is -0.347. The molecule has 0 atom stereocenters. The Morgan fingerprint density at radius 1 is 1.53 bits per heavy atom. The van der Waals surface area contributed by atoms with Gasteiger partial charge in [0, 0.05) is 23.0 Å². The van der Waals surface area contributed by atoms with Gasteiger partial charge in [0.25, 0.3) is 0 Å². The quantitative estimate of drug-likeness (QED) is 0.528. The molecule has 0 radical (unpaired) electrons. The second-order valence-electron chi connectivity index (χ2n) is 3.34. The number of hydrogen-bond acceptors (Lipinski definition) is 3. The molecule has 0 amide bonds. The molecule has 0 aromatic heterocycles. The lowest BCUT2D eigenvalue weighted by Crippen LogP contribution is -2.05. The van der Waals surface area contributed by atoms with Crippen molar-refractivity contribution in [2.24, 2.45) is 0 Å². The van der Waals surface area contributed by atoms with Crippen molar-refractivity contribution in [3.63, 3.8) is 0 Å². The van der Waals surface area contributed by atoms with E-state index in [-0.39, 0.29) is 5.97 Å². The van der Waals surface area contributed by atoms with Crippen molar-refractivity contribution in [1.29, 1.82) is 0 Å². The van der Waals surface area contributed by atoms with Crippen molar-refractivity contribution in [3.05, 3.63) is 33.8 Å². The number of esters is 1. The zero-order valence-corrected chi connectivity index (χ0v) is 11.4. The summed E-state index contributed by atoms with van der Waals surface area (Å²) in [7, 11) is 3.25. The molecule has 0 unspecified atom stereocenters. The van der Waals surface area contributed by atoms with Crippen molar-refractivity contribution in [2.45, 2.75) is 6.42 Å². The van der Waals surface area contributed by atoms with Gasteiger partial charge < -0.3 is 10.1 Å². The Labute approximate surface area is 110 Å². The molecule has 0 spiro atoms. The summed E-state index contributed by atoms with van der Waals surface area (Å²) in [5, 5.41) is 3.02. The summed E-state index contributed by atoms with van der Waals surface area (Å²) in [5.74, 6) is 5.74. The Kier molecular flexibility index (Phi) is 5.75. The number of halogens is 1. The predicted molar refractivity (Wildman–Crippen MR) is 70.9 cm³/mol. The highest BCUT2D eigenvalue weighted by atomic mass is 79.9. The number of ether oxygens (including phenoxy) is 1. The number of carbonyl (C=O) groups is 1. The Hall–Kier alpha value is -1.31. The van der Waals surface area contributed by atoms with Crippen molar-refractivity contribution in [3.8, 4) is 11.8 Å². The molecular formula is C13H14BrNO2. The molecule has 0 bridgehead atoms. The van der Waals surface area contributed by atoms with E-state index in [0.29, 0.717) is 5.56 Å². The van der Waals surface area contributed by atoms with E-state index in [1.54, 1.807) is 12.1 Å². The van der Waals surface area contributed by atoms with Crippen molar-refractivity contribution in [2.75, 3.05) is 20.7 Å². The standard InChI is InChI=1S/C13H14BrNO2/c1-15-8-4-3-5-10-6-7-11(9-12(10)14)13(16)17-2/h6-7,9,15H,4,8H2,1-2H3. The molecule has 0 aliphatic heterocycles. The maximum Gasteiger partial charge on any atom is 0.337 e. The van der Waals surface area contributed by atoms with Crippen LogP contribution in [0.3, 0.4) is 0 Å². The summed E-state index contributed by atoms with van der Waals surface area (Å²) >= 11 is 3.39. The van der Waals surface area contributed by atoms with E-state index < -0.39 is 0 Å². The van der Waals surface area contributed by atoms with Gasteiger partial charge in [0.15, 0.2) is 0 Å². The topological polar surface area (TPSA) is 38.3 Å². The summed E-state index contributed by atoms with van der Waals surface area (Å²) in [6, 6.07) is 5.23. The zero-order valence-electron chi connectivity index (χ0n) is 9.84. The van der Waals surface area contributed by atoms with Crippen LogP contribution in [-0.2, 0) is 4.74 Å². The first kappa shape index (κ1) is 13.8. The molecular weight excluding hydrogens is 282 g/mol. The van der Waals surface area contributed by atoms with Gasteiger partial charge in [0.1, 0.15) is 0 Å². The molecule has 90 valence electrons. The normalized spacial score (nSPS) is 9.35. The van der Waals surface area contributed by atoms with E-state index in [2.05, 4.69) is 37.8 Å². The summed E-state index contributed by atoms with van der Waals surface area (Å²) in [6.45, 7) is 0.866. The third kappa shape index (κ3) is 4.22. The molecule has 0 saturated carbocycles. The lowest BCUT2D eigenvalue weighted by atomic mass is 10.1. The van der Waals surface area contributed by atoms with Gasteiger partial charge in [-0.05, 0) is 41.2 Å². The van der Waals surface area contributed by atoms with Crippen LogP contribution in [0.25, 0.3) is 0 Å². The van der Waals surface area contributed by atoms with Crippen LogP contribution in [0.5, 0.6) is 0 Å². The first-order valence-corrected chi connectivity index (χ1v) is 5.99. The minimum absolute atomic E-state index is 0.347. The van der Waals surface area contributed by atoms with Crippen LogP contribution in [0.2, 0.25) is 0 Å². The summed E-state index contributed by atoms with van der Waals surface area (Å²) in [6.07, 6.45) is 0.793. The highest BCUT2D eigenvalue weighted by Gasteiger charge is 2.06. The smallest absolute Gasteiger partial charge is 0.337 e. The fraction of sp³-hybridized carbons (Fsp3) is 0.308. The van der Waals surface area contributed by atoms with E-state index in [9.17, 15) is 4.79 Å². The van der Waals surface area contributed by atoms with Gasteiger partial charge >= 0.3 is 5.97 Å². The van der Waals surface area contributed by atoms with E-state index >= 15 is 0 Å². The van der Waals surface area contributed by atoms with Crippen molar-refractivity contribution in [1.82, 2.24) is 5.32 Å². The van der Waals surface area contributed by atoms with Crippen molar-refractivity contribution >= 4 is 21.9 Å². The van der Waals surface area contributed by atoms with E-state index in [1.807, 2.05) is 13.1 Å². The van der Waals surface area contributed by atoms with Gasteiger partial charge in [-0.25, -0.2) is 4.79 Å². The van der Waals surface area contributed by atoms with E-state index in [4.69, 9.17) is 0 Å². The SMILES string of the molecule is CNCCC#Cc1ccc(C(=O)OC)cc1Br. The van der Waals surface area contributed by atoms with Crippen LogP contribution in [0.15, 0.2) is 22.7 Å². The number of nitrogens with one attached hydrogen (secondary N) is 1. The average Bonchev–Trinajstić information content (AvgIpc) is 2.35.